The highest BCUT2D eigenvalue weighted by molar-refractivity contribution is 6.32. The molecule has 0 amide bonds. The van der Waals surface area contributed by atoms with Crippen LogP contribution in [0.5, 0.6) is 5.75 Å². The first-order chi connectivity index (χ1) is 7.24. The van der Waals surface area contributed by atoms with Gasteiger partial charge in [-0.1, -0.05) is 35.0 Å². The van der Waals surface area contributed by atoms with Gasteiger partial charge < -0.3 is 15.0 Å². The lowest BCUT2D eigenvalue weighted by molar-refractivity contribution is 0.416. The highest BCUT2D eigenvalue weighted by Gasteiger charge is 2.17. The standard InChI is InChI=1S/C10H9ClN2O2/c1-14-7-5-3-2-4-6(7)8-9(11)13-15-10(8)12/h2-5H,12H2,1H3. The van der Waals surface area contributed by atoms with Crippen LogP contribution in [0.1, 0.15) is 0 Å². The van der Waals surface area contributed by atoms with Crippen molar-refractivity contribution < 1.29 is 9.26 Å². The first kappa shape index (κ1) is 9.86. The van der Waals surface area contributed by atoms with E-state index >= 15 is 0 Å². The molecule has 0 saturated carbocycles. The van der Waals surface area contributed by atoms with Gasteiger partial charge in [-0.3, -0.25) is 0 Å². The van der Waals surface area contributed by atoms with Crippen molar-refractivity contribution in [2.45, 2.75) is 0 Å². The summed E-state index contributed by atoms with van der Waals surface area (Å²) < 4.78 is 9.98. The molecule has 0 unspecified atom stereocenters. The number of hydrogen-bond donors (Lipinski definition) is 1. The molecule has 15 heavy (non-hydrogen) atoms. The Balaban J connectivity index is 2.63. The number of nitrogens with two attached hydrogens (primary N) is 1. The molecule has 0 spiro atoms. The van der Waals surface area contributed by atoms with E-state index in [2.05, 4.69) is 5.16 Å². The highest BCUT2D eigenvalue weighted by Crippen LogP contribution is 2.38. The molecule has 2 N–H and O–H groups in total. The van der Waals surface area contributed by atoms with Crippen molar-refractivity contribution in [3.63, 3.8) is 0 Å². The predicted octanol–water partition coefficient (Wildman–Crippen LogP) is 2.59. The Morgan fingerprint density at radius 1 is 1.40 bits per heavy atom. The summed E-state index contributed by atoms with van der Waals surface area (Å²) in [6.45, 7) is 0. The third-order valence-corrected chi connectivity index (χ3v) is 2.31. The Kier molecular flexibility index (Phi) is 2.51. The smallest absolute Gasteiger partial charge is 0.231 e. The molecule has 2 aromatic rings. The molecule has 1 aromatic heterocycles. The number of nitrogens with zero attached hydrogens (tertiary/aromatic N) is 1. The molecule has 5 heteroatoms. The topological polar surface area (TPSA) is 61.3 Å². The van der Waals surface area contributed by atoms with Crippen molar-refractivity contribution in [2.75, 3.05) is 12.8 Å². The van der Waals surface area contributed by atoms with Gasteiger partial charge in [-0.05, 0) is 6.07 Å². The van der Waals surface area contributed by atoms with E-state index < -0.39 is 0 Å². The Morgan fingerprint density at radius 2 is 2.13 bits per heavy atom. The summed E-state index contributed by atoms with van der Waals surface area (Å²) >= 11 is 5.87. The van der Waals surface area contributed by atoms with Crippen LogP contribution in [-0.2, 0) is 0 Å². The minimum Gasteiger partial charge on any atom is -0.496 e. The molecule has 0 aliphatic heterocycles. The van der Waals surface area contributed by atoms with Crippen LogP contribution in [0.2, 0.25) is 5.15 Å². The van der Waals surface area contributed by atoms with Gasteiger partial charge in [-0.15, -0.1) is 0 Å². The van der Waals surface area contributed by atoms with Crippen LogP contribution >= 0.6 is 11.6 Å². The normalized spacial score (nSPS) is 10.3. The number of para-hydroxylation sites is 1. The lowest BCUT2D eigenvalue weighted by Crippen LogP contribution is -1.90. The summed E-state index contributed by atoms with van der Waals surface area (Å²) in [5, 5.41) is 3.81. The quantitative estimate of drug-likeness (QED) is 0.852. The lowest BCUT2D eigenvalue weighted by Gasteiger charge is -2.06. The van der Waals surface area contributed by atoms with Crippen LogP contribution in [0.25, 0.3) is 11.1 Å². The van der Waals surface area contributed by atoms with Crippen molar-refractivity contribution in [1.29, 1.82) is 0 Å². The molecule has 1 aromatic carbocycles. The van der Waals surface area contributed by atoms with E-state index in [9.17, 15) is 0 Å². The molecule has 0 saturated heterocycles. The molecule has 2 rings (SSSR count). The lowest BCUT2D eigenvalue weighted by atomic mass is 10.1. The first-order valence-corrected chi connectivity index (χ1v) is 4.66. The number of aromatic nitrogens is 1. The minimum atomic E-state index is 0.185. The maximum atomic E-state index is 5.87. The number of nitrogen functional groups attached to an aromatic ring is 1. The minimum absolute atomic E-state index is 0.185. The van der Waals surface area contributed by atoms with Gasteiger partial charge in [0.2, 0.25) is 5.88 Å². The fraction of sp³-hybridized carbons (Fsp3) is 0.100. The van der Waals surface area contributed by atoms with E-state index in [4.69, 9.17) is 26.6 Å². The molecule has 0 fully saturated rings. The van der Waals surface area contributed by atoms with Crippen LogP contribution in [0, 0.1) is 0 Å². The zero-order valence-corrected chi connectivity index (χ0v) is 8.78. The molecular weight excluding hydrogens is 216 g/mol. The largest absolute Gasteiger partial charge is 0.496 e. The number of hydrogen-bond acceptors (Lipinski definition) is 4. The van der Waals surface area contributed by atoms with Gasteiger partial charge in [-0.2, -0.15) is 0 Å². The number of methoxy groups -OCH3 is 1. The number of benzene rings is 1. The van der Waals surface area contributed by atoms with E-state index in [1.54, 1.807) is 7.11 Å². The van der Waals surface area contributed by atoms with E-state index in [1.807, 2.05) is 24.3 Å². The van der Waals surface area contributed by atoms with Gasteiger partial charge in [0, 0.05) is 5.56 Å². The average Bonchev–Trinajstić information content (AvgIpc) is 2.59. The molecule has 0 aliphatic rings. The second-order valence-electron chi connectivity index (χ2n) is 2.91. The molecule has 0 atom stereocenters. The number of rotatable bonds is 2. The molecule has 0 aliphatic carbocycles. The maximum absolute atomic E-state index is 5.87. The van der Waals surface area contributed by atoms with Crippen LogP contribution in [0.15, 0.2) is 28.8 Å². The van der Waals surface area contributed by atoms with Gasteiger partial charge in [0.05, 0.1) is 12.7 Å². The van der Waals surface area contributed by atoms with Crippen molar-refractivity contribution in [2.24, 2.45) is 0 Å². The van der Waals surface area contributed by atoms with E-state index in [0.717, 1.165) is 5.56 Å². The van der Waals surface area contributed by atoms with E-state index in [0.29, 0.717) is 11.3 Å². The van der Waals surface area contributed by atoms with Crippen molar-refractivity contribution in [3.05, 3.63) is 29.4 Å². The summed E-state index contributed by atoms with van der Waals surface area (Å²) in [6.07, 6.45) is 0. The zero-order valence-electron chi connectivity index (χ0n) is 8.03. The number of anilines is 1. The molecule has 1 heterocycles. The molecule has 78 valence electrons. The summed E-state index contributed by atoms with van der Waals surface area (Å²) in [4.78, 5) is 0. The number of halogens is 1. The van der Waals surface area contributed by atoms with Gasteiger partial charge in [-0.25, -0.2) is 0 Å². The molecule has 0 bridgehead atoms. The summed E-state index contributed by atoms with van der Waals surface area (Å²) in [5.41, 5.74) is 6.96. The van der Waals surface area contributed by atoms with Crippen molar-refractivity contribution in [1.82, 2.24) is 5.16 Å². The van der Waals surface area contributed by atoms with Crippen LogP contribution in [0.3, 0.4) is 0 Å². The van der Waals surface area contributed by atoms with Crippen LogP contribution in [-0.4, -0.2) is 12.3 Å². The zero-order chi connectivity index (χ0) is 10.8. The Labute approximate surface area is 91.6 Å². The number of ether oxygens (including phenoxy) is 1. The van der Waals surface area contributed by atoms with Crippen LogP contribution in [0.4, 0.5) is 5.88 Å². The monoisotopic (exact) mass is 224 g/mol. The van der Waals surface area contributed by atoms with Crippen LogP contribution < -0.4 is 10.5 Å². The molecule has 0 radical (unpaired) electrons. The average molecular weight is 225 g/mol. The summed E-state index contributed by atoms with van der Waals surface area (Å²) in [5.74, 6) is 0.860. The Bertz CT molecular complexity index is 463. The van der Waals surface area contributed by atoms with Crippen molar-refractivity contribution in [3.8, 4) is 16.9 Å². The maximum Gasteiger partial charge on any atom is 0.231 e. The third-order valence-electron chi connectivity index (χ3n) is 2.05. The van der Waals surface area contributed by atoms with E-state index in [-0.39, 0.29) is 11.0 Å². The SMILES string of the molecule is COc1ccccc1-c1c(Cl)noc1N. The van der Waals surface area contributed by atoms with Gasteiger partial charge in [0.15, 0.2) is 5.15 Å². The second kappa shape index (κ2) is 3.82. The fourth-order valence-corrected chi connectivity index (χ4v) is 1.61. The second-order valence-corrected chi connectivity index (χ2v) is 3.27. The van der Waals surface area contributed by atoms with Gasteiger partial charge in [0.25, 0.3) is 0 Å². The summed E-state index contributed by atoms with van der Waals surface area (Å²) in [6, 6.07) is 7.38. The van der Waals surface area contributed by atoms with Crippen molar-refractivity contribution >= 4 is 17.5 Å². The Morgan fingerprint density at radius 3 is 2.73 bits per heavy atom. The third kappa shape index (κ3) is 1.64. The predicted molar refractivity (Wildman–Crippen MR) is 57.9 cm³/mol. The summed E-state index contributed by atoms with van der Waals surface area (Å²) in [7, 11) is 1.58. The Hall–Kier alpha value is -1.68. The molecular formula is C10H9ClN2O2. The van der Waals surface area contributed by atoms with E-state index in [1.165, 1.54) is 0 Å². The van der Waals surface area contributed by atoms with Gasteiger partial charge >= 0.3 is 0 Å². The highest BCUT2D eigenvalue weighted by atomic mass is 35.5. The first-order valence-electron chi connectivity index (χ1n) is 4.28. The molecule has 4 nitrogen and oxygen atoms in total. The van der Waals surface area contributed by atoms with Gasteiger partial charge in [0.1, 0.15) is 5.75 Å². The fourth-order valence-electron chi connectivity index (χ4n) is 1.38.